The fourth-order valence-corrected chi connectivity index (χ4v) is 1.98. The van der Waals surface area contributed by atoms with Crippen molar-refractivity contribution in [2.24, 2.45) is 5.92 Å². The Balaban J connectivity index is 2.52. The van der Waals surface area contributed by atoms with Crippen LogP contribution in [0.25, 0.3) is 0 Å². The second kappa shape index (κ2) is 7.58. The van der Waals surface area contributed by atoms with Crippen LogP contribution in [0.2, 0.25) is 0 Å². The molecule has 0 bridgehead atoms. The molecule has 0 saturated carbocycles. The average molecular weight is 334 g/mol. The fourth-order valence-electron chi connectivity index (χ4n) is 1.66. The zero-order valence-corrected chi connectivity index (χ0v) is 12.7. The number of alkyl halides is 1. The van der Waals surface area contributed by atoms with Crippen molar-refractivity contribution in [1.82, 2.24) is 5.32 Å². The summed E-state index contributed by atoms with van der Waals surface area (Å²) in [5.41, 5.74) is 0.159. The lowest BCUT2D eigenvalue weighted by atomic mass is 10.1. The van der Waals surface area contributed by atoms with E-state index in [2.05, 4.69) is 28.2 Å². The van der Waals surface area contributed by atoms with Gasteiger partial charge in [0.15, 0.2) is 0 Å². The highest BCUT2D eigenvalue weighted by atomic mass is 79.9. The molecule has 0 radical (unpaired) electrons. The van der Waals surface area contributed by atoms with E-state index in [0.717, 1.165) is 24.2 Å². The summed E-state index contributed by atoms with van der Waals surface area (Å²) >= 11 is 3.38. The Labute approximate surface area is 120 Å². The van der Waals surface area contributed by atoms with Gasteiger partial charge in [-0.15, -0.1) is 0 Å². The highest BCUT2D eigenvalue weighted by Gasteiger charge is 2.14. The molecule has 19 heavy (non-hydrogen) atoms. The predicted octanol–water partition coefficient (Wildman–Crippen LogP) is 3.81. The van der Waals surface area contributed by atoms with Crippen LogP contribution in [-0.2, 0) is 0 Å². The molecule has 1 aromatic carbocycles. The summed E-state index contributed by atoms with van der Waals surface area (Å²) in [5, 5.41) is 3.57. The van der Waals surface area contributed by atoms with E-state index in [-0.39, 0.29) is 11.1 Å². The standard InChI is InChI=1S/C14H18BrF2NO/c1-9(8-15)4-3-5-18-14(19)11-6-10(2)12(16)7-13(11)17/h6-7,9H,3-5,8H2,1-2H3,(H,18,19). The van der Waals surface area contributed by atoms with Crippen LogP contribution in [0.3, 0.4) is 0 Å². The lowest BCUT2D eigenvalue weighted by Crippen LogP contribution is -2.26. The van der Waals surface area contributed by atoms with Gasteiger partial charge in [-0.3, -0.25) is 4.79 Å². The molecule has 0 aliphatic carbocycles. The molecule has 5 heteroatoms. The molecule has 106 valence electrons. The lowest BCUT2D eigenvalue weighted by Gasteiger charge is -2.09. The van der Waals surface area contributed by atoms with Gasteiger partial charge in [-0.25, -0.2) is 8.78 Å². The molecule has 1 unspecified atom stereocenters. The Bertz CT molecular complexity index is 451. The van der Waals surface area contributed by atoms with Crippen molar-refractivity contribution in [2.45, 2.75) is 26.7 Å². The summed E-state index contributed by atoms with van der Waals surface area (Å²) in [4.78, 5) is 11.8. The number of nitrogens with one attached hydrogen (secondary N) is 1. The summed E-state index contributed by atoms with van der Waals surface area (Å²) in [7, 11) is 0. The third kappa shape index (κ3) is 4.90. The normalized spacial score (nSPS) is 12.3. The molecule has 0 aliphatic rings. The first-order chi connectivity index (χ1) is 8.95. The van der Waals surface area contributed by atoms with Crippen molar-refractivity contribution in [3.8, 4) is 0 Å². The van der Waals surface area contributed by atoms with Crippen LogP contribution >= 0.6 is 15.9 Å². The van der Waals surface area contributed by atoms with Gasteiger partial charge in [-0.2, -0.15) is 0 Å². The number of carbonyl (C=O) groups excluding carboxylic acids is 1. The maximum absolute atomic E-state index is 13.5. The number of hydrogen-bond donors (Lipinski definition) is 1. The number of rotatable bonds is 6. The zero-order chi connectivity index (χ0) is 14.4. The highest BCUT2D eigenvalue weighted by Crippen LogP contribution is 2.14. The topological polar surface area (TPSA) is 29.1 Å². The van der Waals surface area contributed by atoms with Crippen molar-refractivity contribution in [3.05, 3.63) is 34.9 Å². The quantitative estimate of drug-likeness (QED) is 0.622. The minimum absolute atomic E-state index is 0.104. The molecule has 1 N–H and O–H groups in total. The van der Waals surface area contributed by atoms with Gasteiger partial charge in [0.1, 0.15) is 11.6 Å². The minimum Gasteiger partial charge on any atom is -0.352 e. The van der Waals surface area contributed by atoms with Gasteiger partial charge < -0.3 is 5.32 Å². The van der Waals surface area contributed by atoms with E-state index in [0.29, 0.717) is 12.5 Å². The van der Waals surface area contributed by atoms with E-state index >= 15 is 0 Å². The van der Waals surface area contributed by atoms with E-state index < -0.39 is 17.5 Å². The Morgan fingerprint density at radius 2 is 2.05 bits per heavy atom. The maximum atomic E-state index is 13.5. The molecule has 0 spiro atoms. The summed E-state index contributed by atoms with van der Waals surface area (Å²) in [6, 6.07) is 1.98. The second-order valence-electron chi connectivity index (χ2n) is 4.74. The van der Waals surface area contributed by atoms with E-state index in [1.54, 1.807) is 0 Å². The Morgan fingerprint density at radius 1 is 1.37 bits per heavy atom. The van der Waals surface area contributed by atoms with Crippen LogP contribution in [0.4, 0.5) is 8.78 Å². The van der Waals surface area contributed by atoms with Gasteiger partial charge >= 0.3 is 0 Å². The summed E-state index contributed by atoms with van der Waals surface area (Å²) < 4.78 is 26.5. The summed E-state index contributed by atoms with van der Waals surface area (Å²) in [6.45, 7) is 4.11. The highest BCUT2D eigenvalue weighted by molar-refractivity contribution is 9.09. The smallest absolute Gasteiger partial charge is 0.254 e. The molecule has 1 atom stereocenters. The first-order valence-electron chi connectivity index (χ1n) is 6.25. The molecule has 0 fully saturated rings. The third-order valence-corrected chi connectivity index (χ3v) is 4.02. The Morgan fingerprint density at radius 3 is 2.68 bits per heavy atom. The molecule has 0 aromatic heterocycles. The minimum atomic E-state index is -0.825. The number of hydrogen-bond acceptors (Lipinski definition) is 1. The second-order valence-corrected chi connectivity index (χ2v) is 5.39. The number of benzene rings is 1. The van der Waals surface area contributed by atoms with Crippen molar-refractivity contribution in [1.29, 1.82) is 0 Å². The molecule has 1 rings (SSSR count). The van der Waals surface area contributed by atoms with Gasteiger partial charge in [0.05, 0.1) is 5.56 Å². The van der Waals surface area contributed by atoms with Crippen LogP contribution in [0, 0.1) is 24.5 Å². The summed E-state index contributed by atoms with van der Waals surface area (Å²) in [5.74, 6) is -1.41. The van der Waals surface area contributed by atoms with Crippen LogP contribution in [0.5, 0.6) is 0 Å². The van der Waals surface area contributed by atoms with Gasteiger partial charge in [0.25, 0.3) is 5.91 Å². The largest absolute Gasteiger partial charge is 0.352 e. The number of carbonyl (C=O) groups is 1. The first-order valence-corrected chi connectivity index (χ1v) is 7.37. The molecule has 0 heterocycles. The van der Waals surface area contributed by atoms with Gasteiger partial charge in [0.2, 0.25) is 0 Å². The third-order valence-electron chi connectivity index (χ3n) is 2.92. The molecular weight excluding hydrogens is 316 g/mol. The first kappa shape index (κ1) is 16.1. The SMILES string of the molecule is Cc1cc(C(=O)NCCCC(C)CBr)c(F)cc1F. The van der Waals surface area contributed by atoms with Gasteiger partial charge in [0, 0.05) is 17.9 Å². The number of amides is 1. The Kier molecular flexibility index (Phi) is 6.42. The molecule has 0 saturated heterocycles. The van der Waals surface area contributed by atoms with Crippen molar-refractivity contribution in [3.63, 3.8) is 0 Å². The predicted molar refractivity (Wildman–Crippen MR) is 75.6 cm³/mol. The molecular formula is C14H18BrF2NO. The van der Waals surface area contributed by atoms with Crippen molar-refractivity contribution in [2.75, 3.05) is 11.9 Å². The van der Waals surface area contributed by atoms with E-state index in [1.807, 2.05) is 0 Å². The van der Waals surface area contributed by atoms with Crippen molar-refractivity contribution < 1.29 is 13.6 Å². The lowest BCUT2D eigenvalue weighted by molar-refractivity contribution is 0.0948. The molecule has 1 amide bonds. The zero-order valence-electron chi connectivity index (χ0n) is 11.1. The fraction of sp³-hybridized carbons (Fsp3) is 0.500. The average Bonchev–Trinajstić information content (AvgIpc) is 2.38. The van der Waals surface area contributed by atoms with Crippen LogP contribution in [-0.4, -0.2) is 17.8 Å². The summed E-state index contributed by atoms with van der Waals surface area (Å²) in [6.07, 6.45) is 1.82. The number of aryl methyl sites for hydroxylation is 1. The van der Waals surface area contributed by atoms with Gasteiger partial charge in [-0.1, -0.05) is 22.9 Å². The molecule has 1 aromatic rings. The van der Waals surface area contributed by atoms with Crippen LogP contribution in [0.1, 0.15) is 35.7 Å². The van der Waals surface area contributed by atoms with Gasteiger partial charge in [-0.05, 0) is 37.3 Å². The van der Waals surface area contributed by atoms with E-state index in [9.17, 15) is 13.6 Å². The monoisotopic (exact) mass is 333 g/mol. The van der Waals surface area contributed by atoms with E-state index in [1.165, 1.54) is 13.0 Å². The Hall–Kier alpha value is -0.970. The van der Waals surface area contributed by atoms with E-state index in [4.69, 9.17) is 0 Å². The molecule has 0 aliphatic heterocycles. The van der Waals surface area contributed by atoms with Crippen LogP contribution in [0.15, 0.2) is 12.1 Å². The van der Waals surface area contributed by atoms with Crippen LogP contribution < -0.4 is 5.32 Å². The number of halogens is 3. The van der Waals surface area contributed by atoms with Crippen molar-refractivity contribution >= 4 is 21.8 Å². The molecule has 2 nitrogen and oxygen atoms in total. The maximum Gasteiger partial charge on any atom is 0.254 e.